The lowest BCUT2D eigenvalue weighted by Gasteiger charge is -2.14. The van der Waals surface area contributed by atoms with Crippen LogP contribution < -0.4 is 0 Å². The first-order chi connectivity index (χ1) is 12.1. The fourth-order valence-corrected chi connectivity index (χ4v) is 2.57. The van der Waals surface area contributed by atoms with Gasteiger partial charge in [0.05, 0.1) is 0 Å². The van der Waals surface area contributed by atoms with Crippen molar-refractivity contribution in [3.8, 4) is 0 Å². The van der Waals surface area contributed by atoms with E-state index in [-0.39, 0.29) is 17.5 Å². The third kappa shape index (κ3) is 6.70. The Morgan fingerprint density at radius 2 is 1.35 bits per heavy atom. The number of aromatic nitrogens is 3. The Hall–Kier alpha value is -0.290. The number of nitrogens with zero attached hydrogens (tertiary/aromatic N) is 3. The van der Waals surface area contributed by atoms with Gasteiger partial charge in [0, 0.05) is 0 Å². The predicted molar refractivity (Wildman–Crippen MR) is 112 cm³/mol. The second-order valence-corrected chi connectivity index (χ2v) is 10.1. The number of aryl methyl sites for hydroxylation is 1. The van der Waals surface area contributed by atoms with E-state index in [9.17, 15) is 0 Å². The number of hydrogen-bond donors (Lipinski definition) is 0. The molecule has 2 rings (SSSR count). The molecule has 0 spiro atoms. The number of halogens is 6. The van der Waals surface area contributed by atoms with Crippen LogP contribution in [0.4, 0.5) is 0 Å². The first-order valence-corrected chi connectivity index (χ1v) is 10.0. The maximum Gasteiger partial charge on any atom is 0.250 e. The van der Waals surface area contributed by atoms with E-state index < -0.39 is 7.59 Å². The molecule has 9 heteroatoms. The molecule has 0 atom stereocenters. The largest absolute Gasteiger partial charge is 0.250 e. The average Bonchev–Trinajstić information content (AvgIpc) is 2.57. The van der Waals surface area contributed by atoms with Crippen LogP contribution in [0.15, 0.2) is 24.3 Å². The SMILES string of the molecule is CCCCc1ccc(/C=C/c2nc(C(Cl)(Cl)Cl)nc(C(Cl)(Cl)Cl)n2)cc1. The van der Waals surface area contributed by atoms with E-state index in [1.165, 1.54) is 12.0 Å². The van der Waals surface area contributed by atoms with E-state index >= 15 is 0 Å². The normalized spacial score (nSPS) is 12.7. The van der Waals surface area contributed by atoms with E-state index in [0.717, 1.165) is 18.4 Å². The Morgan fingerprint density at radius 3 is 1.81 bits per heavy atom. The molecular formula is C17H15Cl6N3. The van der Waals surface area contributed by atoms with E-state index in [2.05, 4.69) is 34.0 Å². The van der Waals surface area contributed by atoms with Gasteiger partial charge in [0.25, 0.3) is 0 Å². The zero-order chi connectivity index (χ0) is 19.4. The minimum Gasteiger partial charge on any atom is -0.209 e. The standard InChI is InChI=1S/C17H15Cl6N3/c1-2-3-4-11-5-7-12(8-6-11)9-10-13-24-14(16(18,19)20)26-15(25-13)17(21,22)23/h5-10H,2-4H2,1H3/b10-9+. The van der Waals surface area contributed by atoms with Gasteiger partial charge < -0.3 is 0 Å². The first kappa shape index (κ1) is 22.0. The quantitative estimate of drug-likeness (QED) is 0.437. The minimum absolute atomic E-state index is 0.117. The molecule has 26 heavy (non-hydrogen) atoms. The zero-order valence-corrected chi connectivity index (χ0v) is 18.2. The molecule has 2 aromatic rings. The van der Waals surface area contributed by atoms with E-state index in [1.807, 2.05) is 18.2 Å². The Morgan fingerprint density at radius 1 is 0.808 bits per heavy atom. The third-order valence-electron chi connectivity index (χ3n) is 3.38. The summed E-state index contributed by atoms with van der Waals surface area (Å²) in [5.41, 5.74) is 2.26. The highest BCUT2D eigenvalue weighted by Gasteiger charge is 2.33. The van der Waals surface area contributed by atoms with Crippen LogP contribution in [0.25, 0.3) is 12.2 Å². The number of rotatable bonds is 5. The van der Waals surface area contributed by atoms with Crippen molar-refractivity contribution in [3.63, 3.8) is 0 Å². The molecule has 0 amide bonds. The topological polar surface area (TPSA) is 38.7 Å². The first-order valence-electron chi connectivity index (χ1n) is 7.77. The minimum atomic E-state index is -1.86. The summed E-state index contributed by atoms with van der Waals surface area (Å²) in [6.45, 7) is 2.17. The Bertz CT molecular complexity index is 731. The lowest BCUT2D eigenvalue weighted by Crippen LogP contribution is -2.16. The van der Waals surface area contributed by atoms with Crippen molar-refractivity contribution >= 4 is 81.8 Å². The lowest BCUT2D eigenvalue weighted by molar-refractivity contribution is 0.795. The summed E-state index contributed by atoms with van der Waals surface area (Å²) in [4.78, 5) is 12.1. The molecule has 0 saturated carbocycles. The maximum absolute atomic E-state index is 5.85. The Kier molecular flexibility index (Phi) is 7.85. The summed E-state index contributed by atoms with van der Waals surface area (Å²) in [7, 11) is 0. The van der Waals surface area contributed by atoms with Crippen LogP contribution in [0.3, 0.4) is 0 Å². The van der Waals surface area contributed by atoms with Crippen LogP contribution in [0, 0.1) is 0 Å². The molecule has 0 aliphatic carbocycles. The molecule has 0 unspecified atom stereocenters. The van der Waals surface area contributed by atoms with Crippen LogP contribution in [0.2, 0.25) is 0 Å². The van der Waals surface area contributed by atoms with Crippen molar-refractivity contribution in [2.45, 2.75) is 33.8 Å². The summed E-state index contributed by atoms with van der Waals surface area (Å²) in [6.07, 6.45) is 6.86. The second-order valence-electron chi connectivity index (χ2n) is 5.51. The molecule has 0 radical (unpaired) electrons. The van der Waals surface area contributed by atoms with Crippen LogP contribution in [-0.2, 0) is 14.0 Å². The molecule has 140 valence electrons. The molecule has 1 aromatic heterocycles. The van der Waals surface area contributed by atoms with Crippen molar-refractivity contribution in [3.05, 3.63) is 52.9 Å². The molecule has 0 N–H and O–H groups in total. The van der Waals surface area contributed by atoms with Gasteiger partial charge in [-0.1, -0.05) is 113 Å². The lowest BCUT2D eigenvalue weighted by atomic mass is 10.1. The monoisotopic (exact) mass is 471 g/mol. The number of benzene rings is 1. The fraction of sp³-hybridized carbons (Fsp3) is 0.353. The molecule has 1 aromatic carbocycles. The van der Waals surface area contributed by atoms with Gasteiger partial charge in [-0.2, -0.15) is 0 Å². The van der Waals surface area contributed by atoms with Crippen molar-refractivity contribution in [1.29, 1.82) is 0 Å². The van der Waals surface area contributed by atoms with Crippen LogP contribution in [0.1, 0.15) is 48.4 Å². The van der Waals surface area contributed by atoms with Gasteiger partial charge >= 0.3 is 0 Å². The van der Waals surface area contributed by atoms with Crippen molar-refractivity contribution in [2.24, 2.45) is 0 Å². The molecule has 0 fully saturated rings. The Labute approximate surface area is 182 Å². The molecule has 0 aliphatic heterocycles. The van der Waals surface area contributed by atoms with Gasteiger partial charge in [0.1, 0.15) is 0 Å². The molecular weight excluding hydrogens is 459 g/mol. The van der Waals surface area contributed by atoms with Crippen LogP contribution >= 0.6 is 69.6 Å². The summed E-state index contributed by atoms with van der Waals surface area (Å²) in [5, 5.41) is 0. The second kappa shape index (κ2) is 9.27. The highest BCUT2D eigenvalue weighted by atomic mass is 35.6. The van der Waals surface area contributed by atoms with Gasteiger partial charge in [0.15, 0.2) is 17.5 Å². The number of hydrogen-bond acceptors (Lipinski definition) is 3. The Balaban J connectivity index is 2.28. The summed E-state index contributed by atoms with van der Waals surface area (Å²) >= 11 is 35.1. The highest BCUT2D eigenvalue weighted by Crippen LogP contribution is 2.39. The van der Waals surface area contributed by atoms with Gasteiger partial charge in [-0.15, -0.1) is 0 Å². The van der Waals surface area contributed by atoms with Crippen molar-refractivity contribution in [1.82, 2.24) is 15.0 Å². The van der Waals surface area contributed by atoms with Crippen molar-refractivity contribution < 1.29 is 0 Å². The van der Waals surface area contributed by atoms with Crippen LogP contribution in [-0.4, -0.2) is 15.0 Å². The van der Waals surface area contributed by atoms with Gasteiger partial charge in [-0.05, 0) is 30.0 Å². The van der Waals surface area contributed by atoms with E-state index in [4.69, 9.17) is 69.6 Å². The van der Waals surface area contributed by atoms with Crippen molar-refractivity contribution in [2.75, 3.05) is 0 Å². The molecule has 0 aliphatic rings. The predicted octanol–water partition coefficient (Wildman–Crippen LogP) is 7.04. The molecule has 1 heterocycles. The summed E-state index contributed by atoms with van der Waals surface area (Å²) in [6, 6.07) is 8.19. The molecule has 0 saturated heterocycles. The van der Waals surface area contributed by atoms with Gasteiger partial charge in [-0.25, -0.2) is 15.0 Å². The third-order valence-corrected chi connectivity index (χ3v) is 4.40. The fourth-order valence-electron chi connectivity index (χ4n) is 2.07. The molecule has 3 nitrogen and oxygen atoms in total. The number of alkyl halides is 6. The average molecular weight is 474 g/mol. The highest BCUT2D eigenvalue weighted by molar-refractivity contribution is 6.67. The number of unbranched alkanes of at least 4 members (excludes halogenated alkanes) is 1. The molecule has 0 bridgehead atoms. The van der Waals surface area contributed by atoms with E-state index in [1.54, 1.807) is 6.08 Å². The summed E-state index contributed by atoms with van der Waals surface area (Å²) < 4.78 is -3.73. The zero-order valence-electron chi connectivity index (χ0n) is 13.7. The van der Waals surface area contributed by atoms with E-state index in [0.29, 0.717) is 0 Å². The van der Waals surface area contributed by atoms with Gasteiger partial charge in [-0.3, -0.25) is 0 Å². The summed E-state index contributed by atoms with van der Waals surface area (Å²) in [5.74, 6) is -0.0144. The maximum atomic E-state index is 5.85. The van der Waals surface area contributed by atoms with Crippen LogP contribution in [0.5, 0.6) is 0 Å². The van der Waals surface area contributed by atoms with Gasteiger partial charge in [0.2, 0.25) is 7.59 Å². The smallest absolute Gasteiger partial charge is 0.209 e.